The van der Waals surface area contributed by atoms with Crippen molar-refractivity contribution < 1.29 is 31.0 Å². The van der Waals surface area contributed by atoms with Gasteiger partial charge in [0.05, 0.1) is 5.69 Å². The minimum atomic E-state index is -4.97. The first-order valence-electron chi connectivity index (χ1n) is 12.1. The van der Waals surface area contributed by atoms with Gasteiger partial charge in [-0.2, -0.15) is 31.8 Å². The van der Waals surface area contributed by atoms with Gasteiger partial charge in [0, 0.05) is 11.1 Å². The second-order valence-corrected chi connectivity index (χ2v) is 12.0. The number of halogens is 1. The molecule has 0 amide bonds. The maximum absolute atomic E-state index is 12.3. The highest BCUT2D eigenvalue weighted by Gasteiger charge is 2.24. The molecule has 5 N–H and O–H groups in total. The van der Waals surface area contributed by atoms with Crippen LogP contribution in [0.2, 0.25) is 5.28 Å². The van der Waals surface area contributed by atoms with Crippen LogP contribution >= 0.6 is 11.6 Å². The summed E-state index contributed by atoms with van der Waals surface area (Å²) in [5.41, 5.74) is 0.761. The number of hydrogen-bond donors (Lipinski definition) is 5. The molecule has 0 atom stereocenters. The number of aromatic hydroxyl groups is 1. The Kier molecular flexibility index (Phi) is 7.96. The van der Waals surface area contributed by atoms with Crippen LogP contribution in [0, 0.1) is 6.92 Å². The zero-order chi connectivity index (χ0) is 30.9. The summed E-state index contributed by atoms with van der Waals surface area (Å²) >= 11 is 6.14. The third-order valence-corrected chi connectivity index (χ3v) is 7.94. The Labute approximate surface area is 249 Å². The zero-order valence-electron chi connectivity index (χ0n) is 21.8. The highest BCUT2D eigenvalue weighted by molar-refractivity contribution is 7.86. The van der Waals surface area contributed by atoms with Crippen molar-refractivity contribution in [1.29, 1.82) is 0 Å². The molecule has 1 aromatic heterocycles. The summed E-state index contributed by atoms with van der Waals surface area (Å²) in [4.78, 5) is 11.0. The molecule has 0 aliphatic heterocycles. The van der Waals surface area contributed by atoms with Crippen molar-refractivity contribution in [3.63, 3.8) is 0 Å². The average Bonchev–Trinajstić information content (AvgIpc) is 2.92. The van der Waals surface area contributed by atoms with E-state index in [0.717, 1.165) is 23.4 Å². The second kappa shape index (κ2) is 11.5. The summed E-state index contributed by atoms with van der Waals surface area (Å²) in [5.74, 6) is -0.659. The van der Waals surface area contributed by atoms with Crippen LogP contribution in [0.15, 0.2) is 92.8 Å². The van der Waals surface area contributed by atoms with Gasteiger partial charge in [-0.05, 0) is 59.8 Å². The summed E-state index contributed by atoms with van der Waals surface area (Å²) in [6, 6.07) is 18.0. The summed E-state index contributed by atoms with van der Waals surface area (Å²) in [5, 5.41) is 24.8. The predicted octanol–water partition coefficient (Wildman–Crippen LogP) is 6.09. The molecule has 43 heavy (non-hydrogen) atoms. The van der Waals surface area contributed by atoms with Crippen molar-refractivity contribution in [2.45, 2.75) is 16.7 Å². The number of aromatic nitrogens is 3. The number of nitrogens with zero attached hydrogens (tertiary/aromatic N) is 5. The molecule has 220 valence electrons. The molecular weight excluding hydrogens is 622 g/mol. The molecule has 0 radical (unpaired) electrons. The molecule has 0 fully saturated rings. The fraction of sp³-hybridized carbons (Fsp3) is 0.0385. The standard InChI is InChI=1S/C26H20ClN7O7S2/c1-14-7-2-3-9-16(14)28-25-30-24(27)31-26(32-25)29-18-11-6-8-15-13-20(43(39,40)41)22(23(35)21(15)18)34-33-17-10-4-5-12-19(17)42(36,37)38/h2-13,35H,1H3,(H,36,37,38)(H,39,40,41)(H2,28,29,30,31,32). The number of nitrogens with one attached hydrogen (secondary N) is 2. The molecule has 0 saturated carbocycles. The maximum Gasteiger partial charge on any atom is 0.296 e. The molecular formula is C26H20ClN7O7S2. The SMILES string of the molecule is Cc1ccccc1Nc1nc(Cl)nc(Nc2cccc3cc(S(=O)(=O)O)c(N=Nc4ccccc4S(=O)(=O)O)c(O)c23)n1. The van der Waals surface area contributed by atoms with Crippen LogP contribution in [-0.2, 0) is 20.2 Å². The van der Waals surface area contributed by atoms with Crippen LogP contribution in [0.3, 0.4) is 0 Å². The van der Waals surface area contributed by atoms with E-state index in [1.807, 2.05) is 31.2 Å². The molecule has 1 heterocycles. The number of phenolic OH excluding ortho intramolecular Hbond substituents is 1. The fourth-order valence-electron chi connectivity index (χ4n) is 4.07. The average molecular weight is 642 g/mol. The van der Waals surface area contributed by atoms with Crippen LogP contribution in [0.5, 0.6) is 5.75 Å². The van der Waals surface area contributed by atoms with E-state index in [2.05, 4.69) is 35.8 Å². The number of azo groups is 1. The topological polar surface area (TPSA) is 216 Å². The Balaban J connectivity index is 1.62. The quantitative estimate of drug-likeness (QED) is 0.0960. The zero-order valence-corrected chi connectivity index (χ0v) is 24.2. The number of rotatable bonds is 8. The molecule has 0 aliphatic rings. The smallest absolute Gasteiger partial charge is 0.296 e. The van der Waals surface area contributed by atoms with Gasteiger partial charge in [0.25, 0.3) is 20.2 Å². The molecule has 5 rings (SSSR count). The van der Waals surface area contributed by atoms with Crippen LogP contribution in [-0.4, -0.2) is 46.0 Å². The Morgan fingerprint density at radius 3 is 2.02 bits per heavy atom. The van der Waals surface area contributed by atoms with Crippen LogP contribution < -0.4 is 10.6 Å². The van der Waals surface area contributed by atoms with Gasteiger partial charge in [-0.3, -0.25) is 9.11 Å². The van der Waals surface area contributed by atoms with Gasteiger partial charge in [0.2, 0.25) is 17.2 Å². The molecule has 0 saturated heterocycles. The number of benzene rings is 4. The fourth-order valence-corrected chi connectivity index (χ4v) is 5.52. The number of fused-ring (bicyclic) bond motifs is 1. The maximum atomic E-state index is 12.3. The summed E-state index contributed by atoms with van der Waals surface area (Å²) < 4.78 is 67.4. The Hall–Kier alpha value is -4.74. The van der Waals surface area contributed by atoms with Crippen molar-refractivity contribution in [1.82, 2.24) is 15.0 Å². The number of hydrogen-bond acceptors (Lipinski definition) is 12. The van der Waals surface area contributed by atoms with Gasteiger partial charge in [0.1, 0.15) is 21.2 Å². The summed E-state index contributed by atoms with van der Waals surface area (Å²) in [7, 11) is -9.69. The third-order valence-electron chi connectivity index (χ3n) is 6.00. The monoisotopic (exact) mass is 641 g/mol. The Morgan fingerprint density at radius 2 is 1.35 bits per heavy atom. The highest BCUT2D eigenvalue weighted by Crippen LogP contribution is 2.45. The lowest BCUT2D eigenvalue weighted by atomic mass is 10.1. The van der Waals surface area contributed by atoms with Crippen LogP contribution in [0.4, 0.5) is 34.6 Å². The number of para-hydroxylation sites is 1. The Morgan fingerprint density at radius 1 is 0.744 bits per heavy atom. The van der Waals surface area contributed by atoms with Crippen molar-refractivity contribution in [2.75, 3.05) is 10.6 Å². The number of aryl methyl sites for hydroxylation is 1. The van der Waals surface area contributed by atoms with Crippen LogP contribution in [0.1, 0.15) is 5.56 Å². The van der Waals surface area contributed by atoms with Gasteiger partial charge in [0.15, 0.2) is 5.75 Å². The molecule has 5 aromatic rings. The predicted molar refractivity (Wildman–Crippen MR) is 158 cm³/mol. The molecule has 14 nitrogen and oxygen atoms in total. The van der Waals surface area contributed by atoms with E-state index in [0.29, 0.717) is 0 Å². The van der Waals surface area contributed by atoms with Crippen LogP contribution in [0.25, 0.3) is 10.8 Å². The van der Waals surface area contributed by atoms with Gasteiger partial charge in [-0.1, -0.05) is 42.5 Å². The van der Waals surface area contributed by atoms with E-state index in [9.17, 15) is 31.0 Å². The molecule has 0 unspecified atom stereocenters. The van der Waals surface area contributed by atoms with Gasteiger partial charge in [-0.25, -0.2) is 0 Å². The van der Waals surface area contributed by atoms with E-state index in [1.165, 1.54) is 36.4 Å². The highest BCUT2D eigenvalue weighted by atomic mass is 35.5. The molecule has 0 bridgehead atoms. The Bertz CT molecular complexity index is 2140. The van der Waals surface area contributed by atoms with E-state index in [-0.39, 0.29) is 39.3 Å². The third kappa shape index (κ3) is 6.52. The lowest BCUT2D eigenvalue weighted by Crippen LogP contribution is -2.05. The molecule has 4 aromatic carbocycles. The van der Waals surface area contributed by atoms with Gasteiger partial charge in [-0.15, -0.1) is 10.2 Å². The van der Waals surface area contributed by atoms with E-state index in [1.54, 1.807) is 0 Å². The normalized spacial score (nSPS) is 12.1. The minimum Gasteiger partial charge on any atom is -0.505 e. The summed E-state index contributed by atoms with van der Waals surface area (Å²) in [6.45, 7) is 1.89. The molecule has 17 heteroatoms. The van der Waals surface area contributed by atoms with E-state index < -0.39 is 41.5 Å². The largest absolute Gasteiger partial charge is 0.505 e. The van der Waals surface area contributed by atoms with Crippen molar-refractivity contribution in [2.24, 2.45) is 10.2 Å². The molecule has 0 aliphatic carbocycles. The lowest BCUT2D eigenvalue weighted by Gasteiger charge is -2.14. The van der Waals surface area contributed by atoms with E-state index in [4.69, 9.17) is 11.6 Å². The van der Waals surface area contributed by atoms with Crippen molar-refractivity contribution in [3.8, 4) is 5.75 Å². The van der Waals surface area contributed by atoms with E-state index >= 15 is 0 Å². The first kappa shape index (κ1) is 29.7. The minimum absolute atomic E-state index is 0.0249. The van der Waals surface area contributed by atoms with Crippen molar-refractivity contribution >= 4 is 77.3 Å². The molecule has 0 spiro atoms. The van der Waals surface area contributed by atoms with Gasteiger partial charge >= 0.3 is 0 Å². The number of anilines is 4. The number of phenols is 1. The lowest BCUT2D eigenvalue weighted by molar-refractivity contribution is 0.472. The van der Waals surface area contributed by atoms with Crippen molar-refractivity contribution in [3.05, 3.63) is 83.6 Å². The second-order valence-electron chi connectivity index (χ2n) is 8.91. The van der Waals surface area contributed by atoms with Gasteiger partial charge < -0.3 is 15.7 Å². The summed E-state index contributed by atoms with van der Waals surface area (Å²) in [6.07, 6.45) is 0. The first-order chi connectivity index (χ1) is 20.3. The first-order valence-corrected chi connectivity index (χ1v) is 15.3.